The van der Waals surface area contributed by atoms with Gasteiger partial charge in [0.15, 0.2) is 6.29 Å². The van der Waals surface area contributed by atoms with Crippen molar-refractivity contribution in [3.8, 4) is 0 Å². The highest BCUT2D eigenvalue weighted by molar-refractivity contribution is 6.16. The van der Waals surface area contributed by atoms with E-state index in [1.807, 2.05) is 0 Å². The molecule has 0 N–H and O–H groups in total. The van der Waals surface area contributed by atoms with Crippen LogP contribution in [0.5, 0.6) is 0 Å². The molecule has 0 amide bonds. The van der Waals surface area contributed by atoms with E-state index < -0.39 is 11.6 Å². The maximum Gasteiger partial charge on any atom is 0.302 e. The molecule has 3 atom stereocenters. The minimum Gasteiger partial charge on any atom is -0.460 e. The number of carbonyl (C=O) groups is 1. The molecule has 2 aliphatic heterocycles. The zero-order chi connectivity index (χ0) is 9.47. The fourth-order valence-corrected chi connectivity index (χ4v) is 1.81. The molecule has 0 spiro atoms. The second-order valence-electron chi connectivity index (χ2n) is 3.50. The first-order chi connectivity index (χ1) is 6.13. The van der Waals surface area contributed by atoms with Crippen LogP contribution in [0.3, 0.4) is 0 Å². The summed E-state index contributed by atoms with van der Waals surface area (Å²) in [4.78, 5) is 10.8. The van der Waals surface area contributed by atoms with Gasteiger partial charge in [-0.25, -0.2) is 0 Å². The highest BCUT2D eigenvalue weighted by Gasteiger charge is 2.53. The third kappa shape index (κ3) is 1.36. The van der Waals surface area contributed by atoms with Gasteiger partial charge in [0.25, 0.3) is 0 Å². The van der Waals surface area contributed by atoms with E-state index in [4.69, 9.17) is 22.1 Å². The predicted octanol–water partition coefficient (Wildman–Crippen LogP) is 0.0219. The largest absolute Gasteiger partial charge is 0.460 e. The Morgan fingerprint density at radius 1 is 1.62 bits per heavy atom. The number of hydrogen-bond donors (Lipinski definition) is 0. The van der Waals surface area contributed by atoms with Crippen LogP contribution in [0.2, 0.25) is 5.31 Å². The number of ether oxygens (including phenoxy) is 3. The summed E-state index contributed by atoms with van der Waals surface area (Å²) >= 11 is 0. The van der Waals surface area contributed by atoms with Crippen LogP contribution < -0.4 is 0 Å². The molecule has 0 saturated carbocycles. The van der Waals surface area contributed by atoms with Gasteiger partial charge in [0.2, 0.25) is 0 Å². The Morgan fingerprint density at radius 2 is 2.38 bits per heavy atom. The van der Waals surface area contributed by atoms with Crippen molar-refractivity contribution in [1.82, 2.24) is 0 Å². The quantitative estimate of drug-likeness (QED) is 0.423. The van der Waals surface area contributed by atoms with Crippen molar-refractivity contribution in [2.75, 3.05) is 13.2 Å². The van der Waals surface area contributed by atoms with Crippen LogP contribution in [0.25, 0.3) is 0 Å². The van der Waals surface area contributed by atoms with E-state index in [-0.39, 0.29) is 12.1 Å². The zero-order valence-electron chi connectivity index (χ0n) is 7.49. The van der Waals surface area contributed by atoms with E-state index in [0.29, 0.717) is 19.6 Å². The summed E-state index contributed by atoms with van der Waals surface area (Å²) in [5.41, 5.74) is 0. The van der Waals surface area contributed by atoms with Crippen LogP contribution in [0.1, 0.15) is 13.3 Å². The molecule has 2 saturated heterocycles. The van der Waals surface area contributed by atoms with Gasteiger partial charge in [0.1, 0.15) is 6.10 Å². The summed E-state index contributed by atoms with van der Waals surface area (Å²) in [6, 6.07) is 0. The van der Waals surface area contributed by atoms with E-state index in [9.17, 15) is 4.79 Å². The van der Waals surface area contributed by atoms with Crippen LogP contribution in [0.4, 0.5) is 0 Å². The van der Waals surface area contributed by atoms with Gasteiger partial charge in [-0.3, -0.25) is 4.79 Å². The SMILES string of the molecule is [B][C@@]12CCO[C@@H]1OC[C@@H]2OC(C)=O. The minimum absolute atomic E-state index is 0.328. The van der Waals surface area contributed by atoms with Gasteiger partial charge in [0, 0.05) is 18.8 Å². The van der Waals surface area contributed by atoms with E-state index >= 15 is 0 Å². The van der Waals surface area contributed by atoms with Crippen LogP contribution in [-0.2, 0) is 19.0 Å². The van der Waals surface area contributed by atoms with Crippen molar-refractivity contribution >= 4 is 13.8 Å². The van der Waals surface area contributed by atoms with Gasteiger partial charge >= 0.3 is 5.97 Å². The van der Waals surface area contributed by atoms with Crippen molar-refractivity contribution in [2.45, 2.75) is 31.1 Å². The van der Waals surface area contributed by atoms with Crippen LogP contribution >= 0.6 is 0 Å². The summed E-state index contributed by atoms with van der Waals surface area (Å²) in [5.74, 6) is -0.328. The molecule has 0 aromatic heterocycles. The molecule has 2 fully saturated rings. The number of esters is 1. The lowest BCUT2D eigenvalue weighted by atomic mass is 9.64. The van der Waals surface area contributed by atoms with Gasteiger partial charge in [0.05, 0.1) is 14.5 Å². The van der Waals surface area contributed by atoms with Crippen LogP contribution in [0.15, 0.2) is 0 Å². The number of carbonyl (C=O) groups excluding carboxylic acids is 1. The Hall–Kier alpha value is -0.545. The predicted molar refractivity (Wildman–Crippen MR) is 44.3 cm³/mol. The van der Waals surface area contributed by atoms with Gasteiger partial charge in [-0.2, -0.15) is 0 Å². The standard InChI is InChI=1S/C8H11BO4/c1-5(10)13-6-4-12-7-8(6,9)2-3-11-7/h6-7H,2-4H2,1H3/t6-,7+,8+/m0/s1. The van der Waals surface area contributed by atoms with E-state index in [1.54, 1.807) is 0 Å². The van der Waals surface area contributed by atoms with E-state index in [0.717, 1.165) is 0 Å². The summed E-state index contributed by atoms with van der Waals surface area (Å²) < 4.78 is 15.6. The van der Waals surface area contributed by atoms with Crippen molar-refractivity contribution in [1.29, 1.82) is 0 Å². The third-order valence-electron chi connectivity index (χ3n) is 2.55. The zero-order valence-corrected chi connectivity index (χ0v) is 7.49. The maximum absolute atomic E-state index is 10.8. The molecule has 0 aromatic rings. The Labute approximate surface area is 77.9 Å². The summed E-state index contributed by atoms with van der Waals surface area (Å²) in [5, 5.41) is -0.633. The molecule has 2 heterocycles. The number of rotatable bonds is 1. The van der Waals surface area contributed by atoms with Crippen molar-refractivity contribution in [3.05, 3.63) is 0 Å². The van der Waals surface area contributed by atoms with Gasteiger partial charge < -0.3 is 14.2 Å². The highest BCUT2D eigenvalue weighted by atomic mass is 16.7. The lowest BCUT2D eigenvalue weighted by Gasteiger charge is -2.26. The molecule has 70 valence electrons. The normalized spacial score (nSPS) is 43.2. The molecule has 2 rings (SSSR count). The van der Waals surface area contributed by atoms with Crippen LogP contribution in [0, 0.1) is 0 Å². The third-order valence-corrected chi connectivity index (χ3v) is 2.55. The first-order valence-electron chi connectivity index (χ1n) is 4.32. The summed E-state index contributed by atoms with van der Waals surface area (Å²) in [6.07, 6.45) is -0.0929. The first-order valence-corrected chi connectivity index (χ1v) is 4.32. The molecule has 2 radical (unpaired) electrons. The molecular weight excluding hydrogens is 171 g/mol. The Morgan fingerprint density at radius 3 is 3.08 bits per heavy atom. The smallest absolute Gasteiger partial charge is 0.302 e. The average Bonchev–Trinajstić information content (AvgIpc) is 2.51. The monoisotopic (exact) mass is 182 g/mol. The molecule has 0 aromatic carbocycles. The first kappa shape index (κ1) is 9.03. The molecule has 5 heteroatoms. The van der Waals surface area contributed by atoms with Gasteiger partial charge in [-0.15, -0.1) is 0 Å². The second-order valence-corrected chi connectivity index (χ2v) is 3.50. The molecule has 0 bridgehead atoms. The maximum atomic E-state index is 10.8. The van der Waals surface area contributed by atoms with Crippen molar-refractivity contribution < 1.29 is 19.0 Å². The lowest BCUT2D eigenvalue weighted by molar-refractivity contribution is -0.147. The second kappa shape index (κ2) is 2.99. The molecule has 2 aliphatic rings. The molecule has 4 nitrogen and oxygen atoms in total. The highest BCUT2D eigenvalue weighted by Crippen LogP contribution is 2.48. The fourth-order valence-electron chi connectivity index (χ4n) is 1.81. The summed E-state index contributed by atoms with van der Waals surface area (Å²) in [7, 11) is 6.03. The van der Waals surface area contributed by atoms with Crippen molar-refractivity contribution in [2.24, 2.45) is 0 Å². The molecular formula is C8H11BO4. The fraction of sp³-hybridized carbons (Fsp3) is 0.875. The van der Waals surface area contributed by atoms with E-state index in [2.05, 4.69) is 0 Å². The molecule has 0 unspecified atom stereocenters. The molecule has 13 heavy (non-hydrogen) atoms. The molecule has 0 aliphatic carbocycles. The topological polar surface area (TPSA) is 44.8 Å². The van der Waals surface area contributed by atoms with E-state index in [1.165, 1.54) is 6.92 Å². The Balaban J connectivity index is 2.09. The number of hydrogen-bond acceptors (Lipinski definition) is 4. The lowest BCUT2D eigenvalue weighted by Crippen LogP contribution is -2.32. The van der Waals surface area contributed by atoms with Crippen molar-refractivity contribution in [3.63, 3.8) is 0 Å². The Bertz CT molecular complexity index is 232. The minimum atomic E-state index is -0.633. The van der Waals surface area contributed by atoms with Gasteiger partial charge in [-0.05, 0) is 6.42 Å². The Kier molecular flexibility index (Phi) is 2.08. The number of fused-ring (bicyclic) bond motifs is 1. The van der Waals surface area contributed by atoms with Crippen LogP contribution in [-0.4, -0.2) is 39.4 Å². The summed E-state index contributed by atoms with van der Waals surface area (Å²) in [6.45, 7) is 2.27. The average molecular weight is 182 g/mol. The van der Waals surface area contributed by atoms with Gasteiger partial charge in [-0.1, -0.05) is 0 Å².